The van der Waals surface area contributed by atoms with Crippen LogP contribution in [0.15, 0.2) is 0 Å². The van der Waals surface area contributed by atoms with Crippen molar-refractivity contribution in [2.75, 3.05) is 18.8 Å². The first-order valence-corrected chi connectivity index (χ1v) is 5.80. The minimum atomic E-state index is 0. The predicted octanol–water partition coefficient (Wildman–Crippen LogP) is 1.98. The molecule has 0 amide bonds. The van der Waals surface area contributed by atoms with Gasteiger partial charge in [-0.25, -0.2) is 0 Å². The molecule has 4 heteroatoms. The van der Waals surface area contributed by atoms with Crippen molar-refractivity contribution in [1.29, 1.82) is 0 Å². The van der Waals surface area contributed by atoms with Crippen molar-refractivity contribution in [1.82, 2.24) is 0 Å². The molecule has 45 valence electrons. The van der Waals surface area contributed by atoms with Gasteiger partial charge in [-0.2, -0.15) is 0 Å². The molecule has 0 N–H and O–H groups in total. The molecule has 0 aromatic carbocycles. The summed E-state index contributed by atoms with van der Waals surface area (Å²) in [7, 11) is 0. The van der Waals surface area contributed by atoms with Gasteiger partial charge in [0.05, 0.1) is 3.91 Å². The maximum absolute atomic E-state index is 2.14. The fourth-order valence-electron chi connectivity index (χ4n) is 0.289. The van der Waals surface area contributed by atoms with Crippen molar-refractivity contribution < 1.29 is 0 Å². The molecule has 0 spiro atoms. The molecule has 8 heavy (non-hydrogen) atoms. The minimum Gasteiger partial charge on any atom is -0.140 e. The van der Waals surface area contributed by atoms with E-state index in [1.165, 1.54) is 0 Å². The Morgan fingerprint density at radius 2 is 1.12 bits per heavy atom. The Labute approximate surface area is 76.5 Å². The first-order valence-electron chi connectivity index (χ1n) is 1.93. The van der Waals surface area contributed by atoms with Gasteiger partial charge in [-0.05, 0) is 18.8 Å². The van der Waals surface area contributed by atoms with Gasteiger partial charge in [0.25, 0.3) is 0 Å². The predicted molar refractivity (Wildman–Crippen MR) is 50.1 cm³/mol. The molecule has 0 atom stereocenters. The average Bonchev–Trinajstić information content (AvgIpc) is 1.72. The molecule has 0 rings (SSSR count). The summed E-state index contributed by atoms with van der Waals surface area (Å²) in [6.45, 7) is 0. The molecule has 0 saturated heterocycles. The zero-order valence-corrected chi connectivity index (χ0v) is 8.25. The molecule has 1 radical (unpaired) electrons. The molecule has 0 saturated carbocycles. The Kier molecular flexibility index (Phi) is 13.3. The standard InChI is InChI=1S/C4H10S3.Li/c1-5-4(6-2)7-3;/h4H,1-3H3;. The third kappa shape index (κ3) is 5.78. The van der Waals surface area contributed by atoms with Crippen LogP contribution in [0.25, 0.3) is 0 Å². The van der Waals surface area contributed by atoms with Gasteiger partial charge in [-0.1, -0.05) is 0 Å². The fraction of sp³-hybridized carbons (Fsp3) is 1.00. The van der Waals surface area contributed by atoms with Crippen LogP contribution < -0.4 is 0 Å². The van der Waals surface area contributed by atoms with Crippen LogP contribution in [0, 0.1) is 0 Å². The number of hydrogen-bond donors (Lipinski definition) is 0. The third-order valence-electron chi connectivity index (χ3n) is 0.577. The van der Waals surface area contributed by atoms with Crippen molar-refractivity contribution in [3.05, 3.63) is 0 Å². The summed E-state index contributed by atoms with van der Waals surface area (Å²) in [5.74, 6) is 0. The first kappa shape index (κ1) is 12.3. The van der Waals surface area contributed by atoms with E-state index in [0.717, 1.165) is 3.91 Å². The Balaban J connectivity index is 0. The Hall–Kier alpha value is 1.65. The van der Waals surface area contributed by atoms with Gasteiger partial charge in [-0.3, -0.25) is 0 Å². The van der Waals surface area contributed by atoms with Gasteiger partial charge in [0.15, 0.2) is 0 Å². The van der Waals surface area contributed by atoms with Gasteiger partial charge in [0, 0.05) is 18.9 Å². The SMILES string of the molecule is CSC(SC)SC.[Li]. The van der Waals surface area contributed by atoms with E-state index < -0.39 is 0 Å². The number of thioether (sulfide) groups is 3. The van der Waals surface area contributed by atoms with Crippen LogP contribution in [0.3, 0.4) is 0 Å². The van der Waals surface area contributed by atoms with Gasteiger partial charge >= 0.3 is 0 Å². The van der Waals surface area contributed by atoms with Gasteiger partial charge in [-0.15, -0.1) is 35.3 Å². The van der Waals surface area contributed by atoms with E-state index >= 15 is 0 Å². The topological polar surface area (TPSA) is 0 Å². The maximum Gasteiger partial charge on any atom is 0.0947 e. The molecule has 0 aliphatic carbocycles. The summed E-state index contributed by atoms with van der Waals surface area (Å²) in [5, 5.41) is 0. The summed E-state index contributed by atoms with van der Waals surface area (Å²) >= 11 is 5.69. The quantitative estimate of drug-likeness (QED) is 0.459. The molecule has 0 aliphatic heterocycles. The van der Waals surface area contributed by atoms with Crippen molar-refractivity contribution in [3.63, 3.8) is 0 Å². The molecular weight excluding hydrogens is 151 g/mol. The maximum atomic E-state index is 2.14. The van der Waals surface area contributed by atoms with Crippen LogP contribution in [-0.4, -0.2) is 41.5 Å². The zero-order valence-electron chi connectivity index (χ0n) is 5.80. The Morgan fingerprint density at radius 3 is 1.12 bits per heavy atom. The van der Waals surface area contributed by atoms with Crippen LogP contribution >= 0.6 is 35.3 Å². The summed E-state index contributed by atoms with van der Waals surface area (Å²) in [4.78, 5) is 0. The summed E-state index contributed by atoms with van der Waals surface area (Å²) in [6, 6.07) is 0. The molecule has 0 unspecified atom stereocenters. The van der Waals surface area contributed by atoms with Gasteiger partial charge in [0.2, 0.25) is 0 Å². The zero-order chi connectivity index (χ0) is 5.70. The summed E-state index contributed by atoms with van der Waals surface area (Å²) in [5.41, 5.74) is 0. The summed E-state index contributed by atoms with van der Waals surface area (Å²) in [6.07, 6.45) is 6.41. The minimum absolute atomic E-state index is 0. The monoisotopic (exact) mass is 161 g/mol. The normalized spacial score (nSPS) is 9.00. The van der Waals surface area contributed by atoms with E-state index in [9.17, 15) is 0 Å². The van der Waals surface area contributed by atoms with Gasteiger partial charge < -0.3 is 0 Å². The van der Waals surface area contributed by atoms with E-state index in [1.54, 1.807) is 0 Å². The second-order valence-corrected chi connectivity index (χ2v) is 4.72. The van der Waals surface area contributed by atoms with Crippen LogP contribution in [0.5, 0.6) is 0 Å². The number of hydrogen-bond acceptors (Lipinski definition) is 3. The second kappa shape index (κ2) is 8.65. The first-order chi connectivity index (χ1) is 3.35. The van der Waals surface area contributed by atoms with E-state index in [0.29, 0.717) is 0 Å². The molecule has 0 bridgehead atoms. The smallest absolute Gasteiger partial charge is 0.0947 e. The summed E-state index contributed by atoms with van der Waals surface area (Å²) < 4.78 is 0.736. The van der Waals surface area contributed by atoms with Crippen LogP contribution in [0.4, 0.5) is 0 Å². The molecule has 0 aromatic heterocycles. The van der Waals surface area contributed by atoms with Gasteiger partial charge in [0.1, 0.15) is 0 Å². The fourth-order valence-corrected chi connectivity index (χ4v) is 2.60. The molecule has 0 heterocycles. The van der Waals surface area contributed by atoms with Crippen molar-refractivity contribution >= 4 is 54.1 Å². The molecule has 0 fully saturated rings. The molecular formula is C4H10LiS3. The second-order valence-electron chi connectivity index (χ2n) is 0.996. The van der Waals surface area contributed by atoms with E-state index in [1.807, 2.05) is 35.3 Å². The Morgan fingerprint density at radius 1 is 0.875 bits per heavy atom. The van der Waals surface area contributed by atoms with Crippen LogP contribution in [0.1, 0.15) is 0 Å². The third-order valence-corrected chi connectivity index (χ3v) is 5.20. The van der Waals surface area contributed by atoms with E-state index in [2.05, 4.69) is 18.8 Å². The van der Waals surface area contributed by atoms with Crippen LogP contribution in [0.2, 0.25) is 0 Å². The Bertz CT molecular complexity index is 32.8. The molecule has 0 aromatic rings. The van der Waals surface area contributed by atoms with E-state index in [4.69, 9.17) is 0 Å². The van der Waals surface area contributed by atoms with Crippen molar-refractivity contribution in [3.8, 4) is 0 Å². The van der Waals surface area contributed by atoms with Crippen molar-refractivity contribution in [2.24, 2.45) is 0 Å². The average molecular weight is 161 g/mol. The van der Waals surface area contributed by atoms with E-state index in [-0.39, 0.29) is 18.9 Å². The molecule has 0 nitrogen and oxygen atoms in total. The largest absolute Gasteiger partial charge is 0.140 e. The van der Waals surface area contributed by atoms with Crippen molar-refractivity contribution in [2.45, 2.75) is 3.91 Å². The molecule has 0 aliphatic rings. The van der Waals surface area contributed by atoms with Crippen LogP contribution in [-0.2, 0) is 0 Å². The number of rotatable bonds is 3.